The molecule has 3 heteroatoms. The number of benzene rings is 1. The van der Waals surface area contributed by atoms with Crippen molar-refractivity contribution in [1.29, 1.82) is 0 Å². The molecule has 0 aromatic heterocycles. The monoisotopic (exact) mass is 256 g/mol. The number of halogens is 1. The minimum absolute atomic E-state index is 0.386. The largest absolute Gasteiger partial charge is 0.390 e. The van der Waals surface area contributed by atoms with Crippen LogP contribution in [0.15, 0.2) is 18.2 Å². The van der Waals surface area contributed by atoms with Crippen molar-refractivity contribution in [1.82, 2.24) is 0 Å². The fraction of sp³-hybridized carbons (Fsp3) is 0.571. The number of hydrogen-bond acceptors (Lipinski definition) is 2. The highest BCUT2D eigenvalue weighted by Crippen LogP contribution is 2.26. The Labute approximate surface area is 108 Å². The van der Waals surface area contributed by atoms with Crippen LogP contribution in [0.3, 0.4) is 0 Å². The molecule has 0 aliphatic heterocycles. The van der Waals surface area contributed by atoms with Gasteiger partial charge in [0.05, 0.1) is 11.7 Å². The average Bonchev–Trinajstić information content (AvgIpc) is 2.31. The zero-order valence-electron chi connectivity index (χ0n) is 10.7. The van der Waals surface area contributed by atoms with Crippen molar-refractivity contribution in [3.8, 4) is 0 Å². The van der Waals surface area contributed by atoms with Crippen LogP contribution in [-0.2, 0) is 6.42 Å². The molecular formula is C14H21ClO2. The van der Waals surface area contributed by atoms with Crippen LogP contribution in [0.2, 0.25) is 5.02 Å². The van der Waals surface area contributed by atoms with Gasteiger partial charge in [-0.1, -0.05) is 37.6 Å². The fourth-order valence-corrected chi connectivity index (χ4v) is 2.25. The van der Waals surface area contributed by atoms with Gasteiger partial charge in [0.1, 0.15) is 0 Å². The Balaban J connectivity index is 2.84. The highest BCUT2D eigenvalue weighted by molar-refractivity contribution is 6.31. The van der Waals surface area contributed by atoms with Crippen LogP contribution in [0.25, 0.3) is 0 Å². The molecule has 2 nitrogen and oxygen atoms in total. The topological polar surface area (TPSA) is 40.5 Å². The van der Waals surface area contributed by atoms with Crippen LogP contribution in [-0.4, -0.2) is 21.9 Å². The standard InChI is InChI=1S/C14H21ClO2/c1-4-14(17,5-2)13(16)9-11-7-6-10(3)8-12(11)15/h6-8,13,16-17H,4-5,9H2,1-3H3. The van der Waals surface area contributed by atoms with Gasteiger partial charge < -0.3 is 10.2 Å². The molecule has 2 N–H and O–H groups in total. The van der Waals surface area contributed by atoms with Crippen LogP contribution in [0.1, 0.15) is 37.8 Å². The highest BCUT2D eigenvalue weighted by atomic mass is 35.5. The van der Waals surface area contributed by atoms with Gasteiger partial charge in [0.2, 0.25) is 0 Å². The molecule has 0 amide bonds. The Bertz CT molecular complexity index is 372. The maximum atomic E-state index is 10.2. The summed E-state index contributed by atoms with van der Waals surface area (Å²) in [7, 11) is 0. The molecule has 0 bridgehead atoms. The predicted octanol–water partition coefficient (Wildman–Crippen LogP) is 3.10. The summed E-state index contributed by atoms with van der Waals surface area (Å²) in [6.07, 6.45) is 0.678. The zero-order chi connectivity index (χ0) is 13.1. The summed E-state index contributed by atoms with van der Waals surface area (Å²) in [5.74, 6) is 0. The van der Waals surface area contributed by atoms with Crippen molar-refractivity contribution in [2.45, 2.75) is 51.7 Å². The van der Waals surface area contributed by atoms with Crippen molar-refractivity contribution >= 4 is 11.6 Å². The second kappa shape index (κ2) is 5.85. The Kier molecular flexibility index (Phi) is 4.99. The molecule has 1 aromatic rings. The van der Waals surface area contributed by atoms with Crippen LogP contribution < -0.4 is 0 Å². The lowest BCUT2D eigenvalue weighted by Gasteiger charge is -2.31. The Morgan fingerprint density at radius 1 is 1.29 bits per heavy atom. The first-order valence-electron chi connectivity index (χ1n) is 6.08. The first-order chi connectivity index (χ1) is 7.92. The fourth-order valence-electron chi connectivity index (χ4n) is 1.94. The summed E-state index contributed by atoms with van der Waals surface area (Å²) >= 11 is 6.12. The smallest absolute Gasteiger partial charge is 0.0903 e. The average molecular weight is 257 g/mol. The summed E-state index contributed by atoms with van der Waals surface area (Å²) in [5.41, 5.74) is 0.952. The van der Waals surface area contributed by atoms with E-state index >= 15 is 0 Å². The first-order valence-corrected chi connectivity index (χ1v) is 6.46. The van der Waals surface area contributed by atoms with Crippen LogP contribution in [0.5, 0.6) is 0 Å². The van der Waals surface area contributed by atoms with E-state index in [4.69, 9.17) is 11.6 Å². The van der Waals surface area contributed by atoms with Crippen molar-refractivity contribution in [3.63, 3.8) is 0 Å². The molecule has 0 fully saturated rings. The van der Waals surface area contributed by atoms with E-state index < -0.39 is 11.7 Å². The normalized spacial score (nSPS) is 13.8. The number of aryl methyl sites for hydroxylation is 1. The number of aliphatic hydroxyl groups is 2. The molecule has 1 aromatic carbocycles. The molecular weight excluding hydrogens is 236 g/mol. The molecule has 1 rings (SSSR count). The molecule has 0 radical (unpaired) electrons. The maximum absolute atomic E-state index is 10.2. The lowest BCUT2D eigenvalue weighted by atomic mass is 9.87. The van der Waals surface area contributed by atoms with Gasteiger partial charge >= 0.3 is 0 Å². The van der Waals surface area contributed by atoms with Gasteiger partial charge in [-0.2, -0.15) is 0 Å². The molecule has 17 heavy (non-hydrogen) atoms. The second-order valence-electron chi connectivity index (χ2n) is 4.63. The molecule has 0 spiro atoms. The first kappa shape index (κ1) is 14.5. The summed E-state index contributed by atoms with van der Waals surface area (Å²) in [6.45, 7) is 5.73. The van der Waals surface area contributed by atoms with Crippen LogP contribution in [0.4, 0.5) is 0 Å². The van der Waals surface area contributed by atoms with Gasteiger partial charge in [-0.3, -0.25) is 0 Å². The SMILES string of the molecule is CCC(O)(CC)C(O)Cc1ccc(C)cc1Cl. The van der Waals surface area contributed by atoms with Crippen molar-refractivity contribution in [3.05, 3.63) is 34.3 Å². The summed E-state index contributed by atoms with van der Waals surface area (Å²) < 4.78 is 0. The molecule has 0 heterocycles. The molecule has 1 unspecified atom stereocenters. The zero-order valence-corrected chi connectivity index (χ0v) is 11.5. The molecule has 0 saturated heterocycles. The van der Waals surface area contributed by atoms with Crippen molar-refractivity contribution in [2.75, 3.05) is 0 Å². The molecule has 0 aliphatic rings. The van der Waals surface area contributed by atoms with Gasteiger partial charge in [0.15, 0.2) is 0 Å². The van der Waals surface area contributed by atoms with E-state index in [-0.39, 0.29) is 0 Å². The predicted molar refractivity (Wildman–Crippen MR) is 71.4 cm³/mol. The van der Waals surface area contributed by atoms with Crippen LogP contribution >= 0.6 is 11.6 Å². The third kappa shape index (κ3) is 3.44. The third-order valence-corrected chi connectivity index (χ3v) is 3.82. The van der Waals surface area contributed by atoms with E-state index in [1.807, 2.05) is 39.0 Å². The number of hydrogen-bond donors (Lipinski definition) is 2. The number of rotatable bonds is 5. The quantitative estimate of drug-likeness (QED) is 0.850. The summed E-state index contributed by atoms with van der Waals surface area (Å²) in [4.78, 5) is 0. The Hall–Kier alpha value is -0.570. The molecule has 1 atom stereocenters. The maximum Gasteiger partial charge on any atom is 0.0903 e. The van der Waals surface area contributed by atoms with E-state index in [1.54, 1.807) is 0 Å². The van der Waals surface area contributed by atoms with Gasteiger partial charge in [0, 0.05) is 11.4 Å². The van der Waals surface area contributed by atoms with Crippen LogP contribution in [0, 0.1) is 6.92 Å². The summed E-state index contributed by atoms with van der Waals surface area (Å²) in [6, 6.07) is 5.75. The molecule has 0 saturated carbocycles. The van der Waals surface area contributed by atoms with Gasteiger partial charge in [-0.25, -0.2) is 0 Å². The van der Waals surface area contributed by atoms with E-state index in [0.717, 1.165) is 11.1 Å². The van der Waals surface area contributed by atoms with E-state index in [9.17, 15) is 10.2 Å². The van der Waals surface area contributed by atoms with Crippen molar-refractivity contribution < 1.29 is 10.2 Å². The van der Waals surface area contributed by atoms with E-state index in [1.165, 1.54) is 0 Å². The Morgan fingerprint density at radius 3 is 2.35 bits per heavy atom. The molecule has 0 aliphatic carbocycles. The highest BCUT2D eigenvalue weighted by Gasteiger charge is 2.32. The van der Waals surface area contributed by atoms with E-state index in [2.05, 4.69) is 0 Å². The minimum Gasteiger partial charge on any atom is -0.390 e. The van der Waals surface area contributed by atoms with Gasteiger partial charge in [-0.05, 0) is 37.0 Å². The minimum atomic E-state index is -1.02. The van der Waals surface area contributed by atoms with Crippen molar-refractivity contribution in [2.24, 2.45) is 0 Å². The second-order valence-corrected chi connectivity index (χ2v) is 5.03. The third-order valence-electron chi connectivity index (χ3n) is 3.47. The number of aliphatic hydroxyl groups excluding tert-OH is 1. The lowest BCUT2D eigenvalue weighted by Crippen LogP contribution is -2.42. The summed E-state index contributed by atoms with van der Waals surface area (Å²) in [5, 5.41) is 21.0. The van der Waals surface area contributed by atoms with Gasteiger partial charge in [0.25, 0.3) is 0 Å². The Morgan fingerprint density at radius 2 is 1.88 bits per heavy atom. The lowest BCUT2D eigenvalue weighted by molar-refractivity contribution is -0.0790. The van der Waals surface area contributed by atoms with E-state index in [0.29, 0.717) is 24.3 Å². The molecule has 96 valence electrons. The van der Waals surface area contributed by atoms with Gasteiger partial charge in [-0.15, -0.1) is 0 Å².